The highest BCUT2D eigenvalue weighted by atomic mass is 32.2. The van der Waals surface area contributed by atoms with E-state index in [2.05, 4.69) is 0 Å². The van der Waals surface area contributed by atoms with Crippen molar-refractivity contribution in [2.45, 2.75) is 59.7 Å². The first-order valence-corrected chi connectivity index (χ1v) is 8.02. The van der Waals surface area contributed by atoms with Gasteiger partial charge in [0, 0.05) is 0 Å². The van der Waals surface area contributed by atoms with Crippen LogP contribution < -0.4 is 0 Å². The topological polar surface area (TPSA) is 180 Å². The number of thioether (sulfide) groups is 1. The second-order valence-electron chi connectivity index (χ2n) is 5.53. The van der Waals surface area contributed by atoms with Crippen LogP contribution in [0.25, 0.3) is 0 Å². The van der Waals surface area contributed by atoms with E-state index in [4.69, 9.17) is 19.7 Å². The van der Waals surface area contributed by atoms with E-state index in [1.807, 2.05) is 0 Å². The fourth-order valence-corrected chi connectivity index (χ4v) is 3.91. The summed E-state index contributed by atoms with van der Waals surface area (Å²) in [6, 6.07) is 0. The average molecular weight is 358 g/mol. The first-order chi connectivity index (χ1) is 10.8. The van der Waals surface area contributed by atoms with Crippen molar-refractivity contribution in [3.8, 4) is 0 Å². The third-order valence-electron chi connectivity index (χ3n) is 3.98. The fraction of sp³-hybridized carbons (Fsp3) is 1.00. The summed E-state index contributed by atoms with van der Waals surface area (Å²) in [4.78, 5) is 0. The number of hydrogen-bond acceptors (Lipinski definition) is 11. The van der Waals surface area contributed by atoms with Gasteiger partial charge in [-0.25, -0.2) is 0 Å². The van der Waals surface area contributed by atoms with Crippen LogP contribution in [0.2, 0.25) is 0 Å². The molecular weight excluding hydrogens is 336 g/mol. The number of hydrogen-bond donors (Lipinski definition) is 8. The zero-order valence-electron chi connectivity index (χ0n) is 12.0. The van der Waals surface area contributed by atoms with Gasteiger partial charge in [0.2, 0.25) is 0 Å². The summed E-state index contributed by atoms with van der Waals surface area (Å²) in [6.45, 7) is -1.21. The minimum Gasteiger partial charge on any atom is -0.394 e. The first-order valence-electron chi connectivity index (χ1n) is 7.08. The molecule has 136 valence electrons. The Labute approximate surface area is 135 Å². The molecule has 2 aliphatic heterocycles. The zero-order valence-corrected chi connectivity index (χ0v) is 12.8. The molecule has 11 heteroatoms. The summed E-state index contributed by atoms with van der Waals surface area (Å²) >= 11 is 0.686. The van der Waals surface area contributed by atoms with Gasteiger partial charge in [-0.05, 0) is 0 Å². The summed E-state index contributed by atoms with van der Waals surface area (Å²) in [5, 5.41) is 76.1. The molecule has 0 saturated carbocycles. The molecule has 0 bridgehead atoms. The summed E-state index contributed by atoms with van der Waals surface area (Å²) < 4.78 is 10.2. The monoisotopic (exact) mass is 358 g/mol. The summed E-state index contributed by atoms with van der Waals surface area (Å²) in [6.07, 6.45) is -11.5. The molecule has 2 saturated heterocycles. The number of aliphatic hydroxyl groups is 8. The molecule has 0 aromatic carbocycles. The van der Waals surface area contributed by atoms with Crippen molar-refractivity contribution in [2.75, 3.05) is 13.2 Å². The van der Waals surface area contributed by atoms with Crippen molar-refractivity contribution in [3.05, 3.63) is 0 Å². The van der Waals surface area contributed by atoms with Crippen LogP contribution in [0.15, 0.2) is 0 Å². The van der Waals surface area contributed by atoms with Gasteiger partial charge >= 0.3 is 0 Å². The normalized spacial score (nSPS) is 51.7. The Morgan fingerprint density at radius 2 is 1.17 bits per heavy atom. The smallest absolute Gasteiger partial charge is 0.169 e. The number of aliphatic hydroxyl groups excluding tert-OH is 8. The minimum atomic E-state index is -1.59. The van der Waals surface area contributed by atoms with Crippen LogP contribution in [-0.2, 0) is 9.47 Å². The van der Waals surface area contributed by atoms with E-state index < -0.39 is 72.9 Å². The van der Waals surface area contributed by atoms with Gasteiger partial charge < -0.3 is 50.3 Å². The van der Waals surface area contributed by atoms with Gasteiger partial charge in [0.15, 0.2) is 6.29 Å². The van der Waals surface area contributed by atoms with Gasteiger partial charge in [-0.3, -0.25) is 0 Å². The lowest BCUT2D eigenvalue weighted by Gasteiger charge is -2.44. The van der Waals surface area contributed by atoms with Gasteiger partial charge in [-0.2, -0.15) is 0 Å². The van der Waals surface area contributed by atoms with Crippen molar-refractivity contribution in [2.24, 2.45) is 0 Å². The maximum Gasteiger partial charge on any atom is 0.169 e. The summed E-state index contributed by atoms with van der Waals surface area (Å²) in [7, 11) is 0. The number of rotatable bonds is 4. The second-order valence-corrected chi connectivity index (χ2v) is 6.81. The fourth-order valence-electron chi connectivity index (χ4n) is 2.55. The Bertz CT molecular complexity index is 385. The van der Waals surface area contributed by atoms with E-state index in [9.17, 15) is 30.6 Å². The van der Waals surface area contributed by atoms with Crippen LogP contribution >= 0.6 is 11.8 Å². The maximum atomic E-state index is 10.0. The van der Waals surface area contributed by atoms with Gasteiger partial charge in [-0.1, -0.05) is 0 Å². The SMILES string of the molecule is OCC1OC(SC2C(O)OC(CO)C(O)C2O)C(O)C(O)C1O. The van der Waals surface area contributed by atoms with Crippen molar-refractivity contribution in [3.63, 3.8) is 0 Å². The third-order valence-corrected chi connectivity index (χ3v) is 5.47. The molecule has 10 atom stereocenters. The lowest BCUT2D eigenvalue weighted by atomic mass is 10.0. The largest absolute Gasteiger partial charge is 0.394 e. The molecule has 8 N–H and O–H groups in total. The molecule has 0 aromatic rings. The van der Waals surface area contributed by atoms with E-state index >= 15 is 0 Å². The average Bonchev–Trinajstić information content (AvgIpc) is 2.54. The van der Waals surface area contributed by atoms with Crippen LogP contribution in [0.4, 0.5) is 0 Å². The van der Waals surface area contributed by atoms with E-state index in [0.29, 0.717) is 11.8 Å². The summed E-state index contributed by atoms with van der Waals surface area (Å²) in [5.41, 5.74) is -1.19. The minimum absolute atomic E-state index is 0.604. The molecule has 2 heterocycles. The Balaban J connectivity index is 2.08. The van der Waals surface area contributed by atoms with Crippen molar-refractivity contribution < 1.29 is 50.3 Å². The molecular formula is C12H22O10S. The molecule has 2 fully saturated rings. The van der Waals surface area contributed by atoms with E-state index in [0.717, 1.165) is 0 Å². The Hall–Kier alpha value is -0.0500. The molecule has 0 aromatic heterocycles. The van der Waals surface area contributed by atoms with Crippen LogP contribution in [0, 0.1) is 0 Å². The predicted octanol–water partition coefficient (Wildman–Crippen LogP) is -4.68. The number of ether oxygens (including phenoxy) is 2. The van der Waals surface area contributed by atoms with E-state index in [1.165, 1.54) is 0 Å². The van der Waals surface area contributed by atoms with E-state index in [1.54, 1.807) is 0 Å². The Morgan fingerprint density at radius 3 is 1.74 bits per heavy atom. The summed E-state index contributed by atoms with van der Waals surface area (Å²) in [5.74, 6) is 0. The molecule has 0 amide bonds. The molecule has 10 nitrogen and oxygen atoms in total. The lowest BCUT2D eigenvalue weighted by Crippen LogP contribution is -2.61. The third kappa shape index (κ3) is 3.80. The predicted molar refractivity (Wildman–Crippen MR) is 75.1 cm³/mol. The highest BCUT2D eigenvalue weighted by Gasteiger charge is 2.49. The van der Waals surface area contributed by atoms with Crippen LogP contribution in [0.5, 0.6) is 0 Å². The zero-order chi connectivity index (χ0) is 17.3. The highest BCUT2D eigenvalue weighted by Crippen LogP contribution is 2.36. The van der Waals surface area contributed by atoms with Gasteiger partial charge in [0.1, 0.15) is 42.1 Å². The molecule has 2 rings (SSSR count). The molecule has 0 aliphatic carbocycles. The Morgan fingerprint density at radius 1 is 0.652 bits per heavy atom. The molecule has 2 aliphatic rings. The van der Waals surface area contributed by atoms with Crippen LogP contribution in [0.1, 0.15) is 0 Å². The van der Waals surface area contributed by atoms with Crippen molar-refractivity contribution in [1.29, 1.82) is 0 Å². The highest BCUT2D eigenvalue weighted by molar-refractivity contribution is 8.00. The quantitative estimate of drug-likeness (QED) is 0.242. The maximum absolute atomic E-state index is 10.0. The van der Waals surface area contributed by atoms with Gasteiger partial charge in [0.25, 0.3) is 0 Å². The standard InChI is InChI=1S/C12H22O10S/c13-1-3-6(16)8(18)10(11(20)21-3)23-12-9(19)7(17)5(15)4(2-14)22-12/h3-20H,1-2H2. The first kappa shape index (κ1) is 19.3. The van der Waals surface area contributed by atoms with Gasteiger partial charge in [0.05, 0.1) is 24.6 Å². The molecule has 0 spiro atoms. The van der Waals surface area contributed by atoms with Crippen molar-refractivity contribution in [1.82, 2.24) is 0 Å². The van der Waals surface area contributed by atoms with E-state index in [-0.39, 0.29) is 0 Å². The van der Waals surface area contributed by atoms with Gasteiger partial charge in [-0.15, -0.1) is 11.8 Å². The van der Waals surface area contributed by atoms with Crippen LogP contribution in [-0.4, -0.2) is 114 Å². The molecule has 23 heavy (non-hydrogen) atoms. The molecule has 10 unspecified atom stereocenters. The Kier molecular flexibility index (Phi) is 6.61. The van der Waals surface area contributed by atoms with Crippen LogP contribution in [0.3, 0.4) is 0 Å². The second kappa shape index (κ2) is 7.89. The lowest BCUT2D eigenvalue weighted by molar-refractivity contribution is -0.236. The van der Waals surface area contributed by atoms with Crippen molar-refractivity contribution >= 4 is 11.8 Å². The molecule has 0 radical (unpaired) electrons.